The summed E-state index contributed by atoms with van der Waals surface area (Å²) in [6, 6.07) is 18.5. The zero-order valence-corrected chi connectivity index (χ0v) is 16.5. The molecule has 0 aliphatic heterocycles. The zero-order chi connectivity index (χ0) is 19.1. The first-order chi connectivity index (χ1) is 13.2. The van der Waals surface area contributed by atoms with E-state index in [0.29, 0.717) is 21.8 Å². The molecule has 3 rings (SSSR count). The van der Waals surface area contributed by atoms with Crippen molar-refractivity contribution >= 4 is 39.4 Å². The van der Waals surface area contributed by atoms with Crippen LogP contribution < -0.4 is 10.2 Å². The highest BCUT2D eigenvalue weighted by atomic mass is 79.9. The number of benzene rings is 2. The van der Waals surface area contributed by atoms with Gasteiger partial charge in [-0.05, 0) is 35.7 Å². The number of carbonyl (C=O) groups is 1. The molecule has 1 heterocycles. The minimum absolute atomic E-state index is 0.258. The van der Waals surface area contributed by atoms with Gasteiger partial charge in [-0.15, -0.1) is 11.3 Å². The van der Waals surface area contributed by atoms with Gasteiger partial charge in [0.1, 0.15) is 12.4 Å². The summed E-state index contributed by atoms with van der Waals surface area (Å²) in [5.74, 6) is 0.335. The van der Waals surface area contributed by atoms with Gasteiger partial charge in [-0.2, -0.15) is 10.4 Å². The molecule has 0 unspecified atom stereocenters. The van der Waals surface area contributed by atoms with Crippen molar-refractivity contribution in [3.05, 3.63) is 86.0 Å². The standard InChI is InChI=1S/C20H14BrN3O2S/c21-17-7-8-18(26-13-15-5-2-1-4-14(15)11-22)16(10-17)12-23-24-20(25)19-6-3-9-27-19/h1-10,12H,13H2,(H,24,25)/b23-12-. The van der Waals surface area contributed by atoms with Crippen LogP contribution in [0.2, 0.25) is 0 Å². The molecular weight excluding hydrogens is 426 g/mol. The molecular formula is C20H14BrN3O2S. The summed E-state index contributed by atoms with van der Waals surface area (Å²) in [6.07, 6.45) is 1.53. The molecule has 0 saturated carbocycles. The average molecular weight is 440 g/mol. The lowest BCUT2D eigenvalue weighted by Gasteiger charge is -2.10. The van der Waals surface area contributed by atoms with Crippen LogP contribution in [0, 0.1) is 11.3 Å². The number of nitrogens with zero attached hydrogens (tertiary/aromatic N) is 2. The first-order valence-corrected chi connectivity index (χ1v) is 9.62. The average Bonchev–Trinajstić information content (AvgIpc) is 3.22. The maximum absolute atomic E-state index is 11.9. The Morgan fingerprint density at radius 1 is 1.26 bits per heavy atom. The maximum atomic E-state index is 11.9. The van der Waals surface area contributed by atoms with Gasteiger partial charge in [0.15, 0.2) is 0 Å². The van der Waals surface area contributed by atoms with Crippen LogP contribution in [-0.4, -0.2) is 12.1 Å². The Morgan fingerprint density at radius 2 is 2.11 bits per heavy atom. The fraction of sp³-hybridized carbons (Fsp3) is 0.0500. The van der Waals surface area contributed by atoms with Gasteiger partial charge in [0.25, 0.3) is 5.91 Å². The van der Waals surface area contributed by atoms with Crippen molar-refractivity contribution in [3.8, 4) is 11.8 Å². The van der Waals surface area contributed by atoms with Gasteiger partial charge in [0, 0.05) is 15.6 Å². The van der Waals surface area contributed by atoms with Crippen LogP contribution in [0.1, 0.15) is 26.4 Å². The van der Waals surface area contributed by atoms with Gasteiger partial charge in [-0.3, -0.25) is 4.79 Å². The summed E-state index contributed by atoms with van der Waals surface area (Å²) in [5.41, 5.74) is 4.58. The maximum Gasteiger partial charge on any atom is 0.281 e. The molecule has 1 amide bonds. The summed E-state index contributed by atoms with van der Waals surface area (Å²) in [4.78, 5) is 12.5. The second-order valence-corrected chi connectivity index (χ2v) is 7.28. The third kappa shape index (κ3) is 5.03. The summed E-state index contributed by atoms with van der Waals surface area (Å²) in [5, 5.41) is 15.0. The predicted molar refractivity (Wildman–Crippen MR) is 109 cm³/mol. The van der Waals surface area contributed by atoms with Crippen LogP contribution in [0.15, 0.2) is 69.6 Å². The zero-order valence-electron chi connectivity index (χ0n) is 14.1. The van der Waals surface area contributed by atoms with Crippen molar-refractivity contribution in [1.29, 1.82) is 5.26 Å². The van der Waals surface area contributed by atoms with Crippen molar-refractivity contribution in [2.45, 2.75) is 6.61 Å². The Morgan fingerprint density at radius 3 is 2.89 bits per heavy atom. The SMILES string of the molecule is N#Cc1ccccc1COc1ccc(Br)cc1/C=N\NC(=O)c1cccs1. The molecule has 0 bridgehead atoms. The van der Waals surface area contributed by atoms with Crippen LogP contribution >= 0.6 is 27.3 Å². The quantitative estimate of drug-likeness (QED) is 0.445. The minimum Gasteiger partial charge on any atom is -0.488 e. The van der Waals surface area contributed by atoms with E-state index < -0.39 is 0 Å². The van der Waals surface area contributed by atoms with Gasteiger partial charge in [0.2, 0.25) is 0 Å². The monoisotopic (exact) mass is 439 g/mol. The van der Waals surface area contributed by atoms with Gasteiger partial charge in [0.05, 0.1) is 22.7 Å². The number of hydrazone groups is 1. The molecule has 1 N–H and O–H groups in total. The number of nitrogens with one attached hydrogen (secondary N) is 1. The number of hydrogen-bond acceptors (Lipinski definition) is 5. The van der Waals surface area contributed by atoms with E-state index in [2.05, 4.69) is 32.5 Å². The normalized spacial score (nSPS) is 10.5. The Balaban J connectivity index is 1.72. The molecule has 3 aromatic rings. The van der Waals surface area contributed by atoms with E-state index in [0.717, 1.165) is 10.0 Å². The molecule has 1 aromatic heterocycles. The largest absolute Gasteiger partial charge is 0.488 e. The number of carbonyl (C=O) groups excluding carboxylic acids is 1. The number of rotatable bonds is 6. The van der Waals surface area contributed by atoms with E-state index in [-0.39, 0.29) is 12.5 Å². The summed E-state index contributed by atoms with van der Waals surface area (Å²) in [7, 11) is 0. The second-order valence-electron chi connectivity index (χ2n) is 5.42. The number of nitriles is 1. The van der Waals surface area contributed by atoms with E-state index in [1.54, 1.807) is 12.1 Å². The van der Waals surface area contributed by atoms with Gasteiger partial charge in [-0.1, -0.05) is 40.2 Å². The molecule has 7 heteroatoms. The highest BCUT2D eigenvalue weighted by Crippen LogP contribution is 2.23. The van der Waals surface area contributed by atoms with E-state index in [9.17, 15) is 10.1 Å². The highest BCUT2D eigenvalue weighted by molar-refractivity contribution is 9.10. The van der Waals surface area contributed by atoms with Crippen LogP contribution in [0.4, 0.5) is 0 Å². The van der Waals surface area contributed by atoms with Gasteiger partial charge < -0.3 is 4.74 Å². The van der Waals surface area contributed by atoms with Crippen LogP contribution in [0.25, 0.3) is 0 Å². The Hall–Kier alpha value is -2.95. The number of thiophene rings is 1. The van der Waals surface area contributed by atoms with E-state index >= 15 is 0 Å². The van der Waals surface area contributed by atoms with Crippen LogP contribution in [0.5, 0.6) is 5.75 Å². The molecule has 0 fully saturated rings. The summed E-state index contributed by atoms with van der Waals surface area (Å²) in [6.45, 7) is 0.258. The minimum atomic E-state index is -0.262. The van der Waals surface area contributed by atoms with Crippen LogP contribution in [0.3, 0.4) is 0 Å². The second kappa shape index (κ2) is 9.12. The highest BCUT2D eigenvalue weighted by Gasteiger charge is 2.07. The van der Waals surface area contributed by atoms with Crippen molar-refractivity contribution in [1.82, 2.24) is 5.43 Å². The van der Waals surface area contributed by atoms with Crippen molar-refractivity contribution in [2.75, 3.05) is 0 Å². The third-order valence-corrected chi connectivity index (χ3v) is 4.97. The molecule has 0 aliphatic rings. The lowest BCUT2D eigenvalue weighted by atomic mass is 10.1. The Labute approximate surface area is 169 Å². The fourth-order valence-electron chi connectivity index (χ4n) is 2.29. The van der Waals surface area contributed by atoms with E-state index in [1.165, 1.54) is 17.6 Å². The number of hydrogen-bond donors (Lipinski definition) is 1. The molecule has 0 saturated heterocycles. The molecule has 0 aliphatic carbocycles. The number of amides is 1. The summed E-state index contributed by atoms with van der Waals surface area (Å²) < 4.78 is 6.74. The third-order valence-electron chi connectivity index (χ3n) is 3.61. The van der Waals surface area contributed by atoms with Gasteiger partial charge in [-0.25, -0.2) is 5.43 Å². The number of halogens is 1. The lowest BCUT2D eigenvalue weighted by Crippen LogP contribution is -2.16. The Bertz CT molecular complexity index is 1010. The first-order valence-electron chi connectivity index (χ1n) is 7.94. The first kappa shape index (κ1) is 18.8. The lowest BCUT2D eigenvalue weighted by molar-refractivity contribution is 0.0959. The van der Waals surface area contributed by atoms with Crippen molar-refractivity contribution < 1.29 is 9.53 Å². The fourth-order valence-corrected chi connectivity index (χ4v) is 3.28. The Kier molecular flexibility index (Phi) is 6.36. The van der Waals surface area contributed by atoms with E-state index in [1.807, 2.05) is 47.8 Å². The van der Waals surface area contributed by atoms with Gasteiger partial charge >= 0.3 is 0 Å². The van der Waals surface area contributed by atoms with Crippen LogP contribution in [-0.2, 0) is 6.61 Å². The van der Waals surface area contributed by atoms with Crippen molar-refractivity contribution in [2.24, 2.45) is 5.10 Å². The predicted octanol–water partition coefficient (Wildman–Crippen LogP) is 4.73. The molecule has 134 valence electrons. The molecule has 2 aromatic carbocycles. The molecule has 0 spiro atoms. The molecule has 0 radical (unpaired) electrons. The topological polar surface area (TPSA) is 74.5 Å². The smallest absolute Gasteiger partial charge is 0.281 e. The molecule has 0 atom stereocenters. The molecule has 27 heavy (non-hydrogen) atoms. The molecule has 5 nitrogen and oxygen atoms in total. The summed E-state index contributed by atoms with van der Waals surface area (Å²) >= 11 is 4.77. The number of ether oxygens (including phenoxy) is 1. The van der Waals surface area contributed by atoms with E-state index in [4.69, 9.17) is 4.74 Å². The van der Waals surface area contributed by atoms with Crippen molar-refractivity contribution in [3.63, 3.8) is 0 Å².